The molecule has 0 unspecified atom stereocenters. The second-order valence-corrected chi connectivity index (χ2v) is 6.79. The Hall–Kier alpha value is -3.75. The average Bonchev–Trinajstić information content (AvgIpc) is 3.01. The van der Waals surface area contributed by atoms with Gasteiger partial charge in [-0.1, -0.05) is 29.8 Å². The van der Waals surface area contributed by atoms with Gasteiger partial charge in [0.25, 0.3) is 5.91 Å². The van der Waals surface area contributed by atoms with E-state index in [1.54, 1.807) is 18.5 Å². The Kier molecular flexibility index (Phi) is 6.64. The number of rotatable bonds is 7. The number of amides is 1. The molecular formula is C22H21F2N3O4. The number of hydrogen-bond donors (Lipinski definition) is 1. The number of esters is 1. The lowest BCUT2D eigenvalue weighted by molar-refractivity contribution is -0.119. The highest BCUT2D eigenvalue weighted by Gasteiger charge is 2.19. The molecule has 0 bridgehead atoms. The predicted octanol–water partition coefficient (Wildman–Crippen LogP) is 4.19. The summed E-state index contributed by atoms with van der Waals surface area (Å²) in [6, 6.07) is 13.2. The number of aryl methyl sites for hydroxylation is 2. The molecule has 0 atom stereocenters. The topological polar surface area (TPSA) is 82.5 Å². The number of carbonyl (C=O) groups excluding carboxylic acids is 2. The second-order valence-electron chi connectivity index (χ2n) is 6.79. The van der Waals surface area contributed by atoms with Gasteiger partial charge in [-0.15, -0.1) is 0 Å². The largest absolute Gasteiger partial charge is 0.452 e. The lowest BCUT2D eigenvalue weighted by atomic mass is 10.2. The van der Waals surface area contributed by atoms with E-state index >= 15 is 0 Å². The summed E-state index contributed by atoms with van der Waals surface area (Å²) in [6.07, 6.45) is 0. The fourth-order valence-electron chi connectivity index (χ4n) is 2.98. The molecule has 0 spiro atoms. The number of nitrogens with one attached hydrogen (secondary N) is 1. The van der Waals surface area contributed by atoms with E-state index in [0.717, 1.165) is 11.3 Å². The third-order valence-electron chi connectivity index (χ3n) is 4.49. The fraction of sp³-hybridized carbons (Fsp3) is 0.227. The van der Waals surface area contributed by atoms with E-state index in [4.69, 9.17) is 4.74 Å². The van der Waals surface area contributed by atoms with Crippen molar-refractivity contribution in [1.82, 2.24) is 9.78 Å². The molecule has 31 heavy (non-hydrogen) atoms. The Morgan fingerprint density at radius 2 is 1.74 bits per heavy atom. The first-order chi connectivity index (χ1) is 14.8. The van der Waals surface area contributed by atoms with Gasteiger partial charge in [-0.3, -0.25) is 4.79 Å². The van der Waals surface area contributed by atoms with Crippen molar-refractivity contribution in [3.05, 3.63) is 71.0 Å². The standard InChI is InChI=1S/C22H21F2N3O4/c1-13-8-10-16(11-9-13)27-15(3)20(14(2)26-27)25-19(28)12-30-21(29)17-6-4-5-7-18(17)31-22(23)24/h4-11,22H,12H2,1-3H3,(H,25,28). The molecule has 1 amide bonds. The van der Waals surface area contributed by atoms with Crippen molar-refractivity contribution in [2.75, 3.05) is 11.9 Å². The van der Waals surface area contributed by atoms with Crippen LogP contribution >= 0.6 is 0 Å². The Morgan fingerprint density at radius 3 is 2.42 bits per heavy atom. The Labute approximate surface area is 177 Å². The van der Waals surface area contributed by atoms with Crippen LogP contribution in [-0.4, -0.2) is 34.9 Å². The van der Waals surface area contributed by atoms with Crippen LogP contribution in [-0.2, 0) is 9.53 Å². The summed E-state index contributed by atoms with van der Waals surface area (Å²) in [7, 11) is 0. The molecule has 1 N–H and O–H groups in total. The monoisotopic (exact) mass is 429 g/mol. The highest BCUT2D eigenvalue weighted by molar-refractivity contribution is 5.97. The van der Waals surface area contributed by atoms with Crippen LogP contribution in [0.1, 0.15) is 27.3 Å². The molecule has 162 valence electrons. The molecule has 7 nitrogen and oxygen atoms in total. The first-order valence-electron chi connectivity index (χ1n) is 9.40. The average molecular weight is 429 g/mol. The maximum atomic E-state index is 12.5. The van der Waals surface area contributed by atoms with Crippen molar-refractivity contribution < 1.29 is 27.8 Å². The first kappa shape index (κ1) is 21.9. The molecule has 0 aliphatic carbocycles. The van der Waals surface area contributed by atoms with Crippen molar-refractivity contribution in [3.63, 3.8) is 0 Å². The minimum Gasteiger partial charge on any atom is -0.452 e. The minimum absolute atomic E-state index is 0.199. The van der Waals surface area contributed by atoms with E-state index in [1.165, 1.54) is 24.3 Å². The highest BCUT2D eigenvalue weighted by Crippen LogP contribution is 2.24. The van der Waals surface area contributed by atoms with Crippen LogP contribution in [0.3, 0.4) is 0 Å². The lowest BCUT2D eigenvalue weighted by Crippen LogP contribution is -2.22. The zero-order valence-electron chi connectivity index (χ0n) is 17.2. The molecule has 1 heterocycles. The van der Waals surface area contributed by atoms with Gasteiger partial charge in [0.1, 0.15) is 11.3 Å². The van der Waals surface area contributed by atoms with Crippen LogP contribution < -0.4 is 10.1 Å². The van der Waals surface area contributed by atoms with Crippen LogP contribution in [0.15, 0.2) is 48.5 Å². The smallest absolute Gasteiger partial charge is 0.387 e. The molecular weight excluding hydrogens is 408 g/mol. The molecule has 0 saturated carbocycles. The highest BCUT2D eigenvalue weighted by atomic mass is 19.3. The Morgan fingerprint density at radius 1 is 1.06 bits per heavy atom. The van der Waals surface area contributed by atoms with Crippen LogP contribution in [0.2, 0.25) is 0 Å². The zero-order valence-corrected chi connectivity index (χ0v) is 17.2. The fourth-order valence-corrected chi connectivity index (χ4v) is 2.98. The summed E-state index contributed by atoms with van der Waals surface area (Å²) in [6.45, 7) is 1.84. The third-order valence-corrected chi connectivity index (χ3v) is 4.49. The number of ether oxygens (including phenoxy) is 2. The third kappa shape index (κ3) is 5.25. The van der Waals surface area contributed by atoms with Crippen molar-refractivity contribution in [1.29, 1.82) is 0 Å². The van der Waals surface area contributed by atoms with E-state index in [1.807, 2.05) is 31.2 Å². The molecule has 3 rings (SSSR count). The van der Waals surface area contributed by atoms with E-state index in [0.29, 0.717) is 17.1 Å². The van der Waals surface area contributed by atoms with Gasteiger partial charge in [-0.05, 0) is 45.0 Å². The van der Waals surface area contributed by atoms with Gasteiger partial charge in [0.15, 0.2) is 6.61 Å². The van der Waals surface area contributed by atoms with Crippen molar-refractivity contribution in [2.45, 2.75) is 27.4 Å². The van der Waals surface area contributed by atoms with Gasteiger partial charge in [0.2, 0.25) is 0 Å². The van der Waals surface area contributed by atoms with E-state index < -0.39 is 25.1 Å². The molecule has 1 aromatic heterocycles. The lowest BCUT2D eigenvalue weighted by Gasteiger charge is -2.11. The molecule has 3 aromatic rings. The molecule has 0 fully saturated rings. The summed E-state index contributed by atoms with van der Waals surface area (Å²) in [4.78, 5) is 24.5. The number of nitrogens with zero attached hydrogens (tertiary/aromatic N) is 2. The first-order valence-corrected chi connectivity index (χ1v) is 9.40. The maximum absolute atomic E-state index is 12.5. The Balaban J connectivity index is 1.67. The second kappa shape index (κ2) is 9.38. The number of para-hydroxylation sites is 1. The van der Waals surface area contributed by atoms with Crippen molar-refractivity contribution in [2.24, 2.45) is 0 Å². The van der Waals surface area contributed by atoms with Crippen molar-refractivity contribution >= 4 is 17.6 Å². The van der Waals surface area contributed by atoms with Gasteiger partial charge in [0, 0.05) is 0 Å². The summed E-state index contributed by atoms with van der Waals surface area (Å²) in [5, 5.41) is 7.13. The zero-order chi connectivity index (χ0) is 22.5. The van der Waals surface area contributed by atoms with Crippen LogP contribution in [0.5, 0.6) is 5.75 Å². The Bertz CT molecular complexity index is 1090. The minimum atomic E-state index is -3.09. The number of aromatic nitrogens is 2. The molecule has 9 heteroatoms. The number of halogens is 2. The summed E-state index contributed by atoms with van der Waals surface area (Å²) >= 11 is 0. The number of hydrogen-bond acceptors (Lipinski definition) is 5. The molecule has 0 aliphatic heterocycles. The molecule has 0 radical (unpaired) electrons. The SMILES string of the molecule is Cc1ccc(-n2nc(C)c(NC(=O)COC(=O)c3ccccc3OC(F)F)c2C)cc1. The quantitative estimate of drug-likeness (QED) is 0.570. The number of carbonyl (C=O) groups is 2. The summed E-state index contributed by atoms with van der Waals surface area (Å²) in [5.74, 6) is -1.86. The van der Waals surface area contributed by atoms with Crippen LogP contribution in [0, 0.1) is 20.8 Å². The number of alkyl halides is 2. The summed E-state index contributed by atoms with van der Waals surface area (Å²) in [5.41, 5.74) is 3.55. The molecule has 0 aliphatic rings. The van der Waals surface area contributed by atoms with Gasteiger partial charge < -0.3 is 14.8 Å². The van der Waals surface area contributed by atoms with Gasteiger partial charge in [-0.2, -0.15) is 13.9 Å². The van der Waals surface area contributed by atoms with Crippen LogP contribution in [0.25, 0.3) is 5.69 Å². The van der Waals surface area contributed by atoms with Gasteiger partial charge >= 0.3 is 12.6 Å². The molecule has 0 saturated heterocycles. The van der Waals surface area contributed by atoms with Gasteiger partial charge in [0.05, 0.1) is 22.8 Å². The normalized spacial score (nSPS) is 10.8. The van der Waals surface area contributed by atoms with E-state index in [9.17, 15) is 18.4 Å². The predicted molar refractivity (Wildman–Crippen MR) is 110 cm³/mol. The molecule has 2 aromatic carbocycles. The van der Waals surface area contributed by atoms with Gasteiger partial charge in [-0.25, -0.2) is 9.48 Å². The van der Waals surface area contributed by atoms with Crippen molar-refractivity contribution in [3.8, 4) is 11.4 Å². The summed E-state index contributed by atoms with van der Waals surface area (Å²) < 4.78 is 36.0. The van der Waals surface area contributed by atoms with Crippen LogP contribution in [0.4, 0.5) is 14.5 Å². The van der Waals surface area contributed by atoms with E-state index in [-0.39, 0.29) is 11.3 Å². The number of anilines is 1. The number of benzene rings is 2. The maximum Gasteiger partial charge on any atom is 0.387 e. The van der Waals surface area contributed by atoms with E-state index in [2.05, 4.69) is 15.2 Å².